The van der Waals surface area contributed by atoms with E-state index in [9.17, 15) is 4.79 Å². The average Bonchev–Trinajstić information content (AvgIpc) is 2.37. The van der Waals surface area contributed by atoms with E-state index < -0.39 is 0 Å². The topological polar surface area (TPSA) is 64.3 Å². The molecule has 1 amide bonds. The lowest BCUT2D eigenvalue weighted by Gasteiger charge is -2.24. The Hall–Kier alpha value is -1.62. The standard InChI is InChI=1S/C13H16N2O2S/c14-12(18)5-6-15-13(16)10-7-9-3-1-2-4-11(9)17-8-10/h1-4,10H,5-8H2,(H2,14,18)(H,15,16). The summed E-state index contributed by atoms with van der Waals surface area (Å²) in [4.78, 5) is 12.3. The number of amides is 1. The van der Waals surface area contributed by atoms with Crippen molar-refractivity contribution in [3.63, 3.8) is 0 Å². The van der Waals surface area contributed by atoms with Gasteiger partial charge in [-0.25, -0.2) is 0 Å². The Morgan fingerprint density at radius 1 is 1.50 bits per heavy atom. The van der Waals surface area contributed by atoms with Crippen LogP contribution < -0.4 is 15.8 Å². The molecule has 18 heavy (non-hydrogen) atoms. The Morgan fingerprint density at radius 2 is 2.28 bits per heavy atom. The molecular weight excluding hydrogens is 248 g/mol. The summed E-state index contributed by atoms with van der Waals surface area (Å²) in [7, 11) is 0. The van der Waals surface area contributed by atoms with Crippen molar-refractivity contribution in [1.29, 1.82) is 0 Å². The third-order valence-electron chi connectivity index (χ3n) is 2.92. The van der Waals surface area contributed by atoms with E-state index in [0.29, 0.717) is 24.6 Å². The minimum absolute atomic E-state index is 0.000697. The van der Waals surface area contributed by atoms with E-state index in [2.05, 4.69) is 5.32 Å². The van der Waals surface area contributed by atoms with Crippen LogP contribution in [0.2, 0.25) is 0 Å². The van der Waals surface area contributed by atoms with E-state index in [-0.39, 0.29) is 11.8 Å². The number of para-hydroxylation sites is 1. The summed E-state index contributed by atoms with van der Waals surface area (Å²) in [5.41, 5.74) is 6.46. The molecule has 0 radical (unpaired) electrons. The van der Waals surface area contributed by atoms with Gasteiger partial charge in [0.15, 0.2) is 0 Å². The van der Waals surface area contributed by atoms with Crippen molar-refractivity contribution >= 4 is 23.1 Å². The molecule has 1 aliphatic rings. The number of carbonyl (C=O) groups is 1. The lowest BCUT2D eigenvalue weighted by atomic mass is 9.96. The van der Waals surface area contributed by atoms with Crippen LogP contribution in [0.1, 0.15) is 12.0 Å². The van der Waals surface area contributed by atoms with E-state index in [4.69, 9.17) is 22.7 Å². The summed E-state index contributed by atoms with van der Waals surface area (Å²) in [5.74, 6) is 0.747. The Morgan fingerprint density at radius 3 is 3.06 bits per heavy atom. The van der Waals surface area contributed by atoms with Gasteiger partial charge in [0.25, 0.3) is 0 Å². The van der Waals surface area contributed by atoms with Crippen LogP contribution in [0.15, 0.2) is 24.3 Å². The first-order chi connectivity index (χ1) is 8.66. The normalized spacial score (nSPS) is 17.4. The van der Waals surface area contributed by atoms with Crippen LogP contribution in [0.5, 0.6) is 5.75 Å². The summed E-state index contributed by atoms with van der Waals surface area (Å²) in [6, 6.07) is 7.80. The van der Waals surface area contributed by atoms with Gasteiger partial charge >= 0.3 is 0 Å². The number of hydrogen-bond donors (Lipinski definition) is 2. The Balaban J connectivity index is 1.88. The molecule has 1 heterocycles. The Kier molecular flexibility index (Phi) is 4.15. The summed E-state index contributed by atoms with van der Waals surface area (Å²) < 4.78 is 5.57. The highest BCUT2D eigenvalue weighted by molar-refractivity contribution is 7.80. The van der Waals surface area contributed by atoms with Gasteiger partial charge in [-0.3, -0.25) is 4.79 Å². The lowest BCUT2D eigenvalue weighted by molar-refractivity contribution is -0.126. The fraction of sp³-hybridized carbons (Fsp3) is 0.385. The van der Waals surface area contributed by atoms with Crippen molar-refractivity contribution in [2.75, 3.05) is 13.2 Å². The highest BCUT2D eigenvalue weighted by atomic mass is 32.1. The molecule has 1 unspecified atom stereocenters. The molecule has 0 saturated carbocycles. The molecule has 1 aromatic rings. The lowest BCUT2D eigenvalue weighted by Crippen LogP contribution is -2.38. The summed E-state index contributed by atoms with van der Waals surface area (Å²) in [6.45, 7) is 0.919. The third-order valence-corrected chi connectivity index (χ3v) is 3.12. The van der Waals surface area contributed by atoms with Crippen LogP contribution in [0.3, 0.4) is 0 Å². The number of rotatable bonds is 4. The molecule has 1 aromatic carbocycles. The summed E-state index contributed by atoms with van der Waals surface area (Å²) >= 11 is 4.76. The highest BCUT2D eigenvalue weighted by Crippen LogP contribution is 2.26. The summed E-state index contributed by atoms with van der Waals surface area (Å²) in [6.07, 6.45) is 1.25. The first-order valence-electron chi connectivity index (χ1n) is 5.93. The van der Waals surface area contributed by atoms with E-state index in [1.807, 2.05) is 24.3 Å². The smallest absolute Gasteiger partial charge is 0.226 e. The van der Waals surface area contributed by atoms with Gasteiger partial charge in [0.1, 0.15) is 12.4 Å². The van der Waals surface area contributed by atoms with Crippen molar-refractivity contribution in [2.45, 2.75) is 12.8 Å². The quantitative estimate of drug-likeness (QED) is 0.797. The molecule has 4 nitrogen and oxygen atoms in total. The predicted molar refractivity (Wildman–Crippen MR) is 73.5 cm³/mol. The van der Waals surface area contributed by atoms with Gasteiger partial charge in [-0.15, -0.1) is 0 Å². The van der Waals surface area contributed by atoms with Crippen LogP contribution in [-0.2, 0) is 11.2 Å². The second-order valence-corrected chi connectivity index (χ2v) is 4.85. The Labute approximate surface area is 112 Å². The second-order valence-electron chi connectivity index (χ2n) is 4.33. The Bertz CT molecular complexity index is 462. The van der Waals surface area contributed by atoms with Gasteiger partial charge in [0.2, 0.25) is 5.91 Å². The van der Waals surface area contributed by atoms with Crippen molar-refractivity contribution in [3.05, 3.63) is 29.8 Å². The number of benzene rings is 1. The zero-order valence-electron chi connectivity index (χ0n) is 10.0. The molecule has 0 saturated heterocycles. The second kappa shape index (κ2) is 5.82. The maximum absolute atomic E-state index is 11.9. The number of nitrogens with two attached hydrogens (primary N) is 1. The molecule has 1 aliphatic heterocycles. The van der Waals surface area contributed by atoms with Crippen molar-refractivity contribution in [2.24, 2.45) is 11.7 Å². The van der Waals surface area contributed by atoms with Gasteiger partial charge in [-0.2, -0.15) is 0 Å². The van der Waals surface area contributed by atoms with Crippen LogP contribution in [-0.4, -0.2) is 24.0 Å². The number of thiocarbonyl (C=S) groups is 1. The zero-order chi connectivity index (χ0) is 13.0. The average molecular weight is 264 g/mol. The molecular formula is C13H16N2O2S. The first-order valence-corrected chi connectivity index (χ1v) is 6.34. The van der Waals surface area contributed by atoms with E-state index in [1.165, 1.54) is 0 Å². The number of ether oxygens (including phenoxy) is 1. The zero-order valence-corrected chi connectivity index (χ0v) is 10.8. The largest absolute Gasteiger partial charge is 0.492 e. The van der Waals surface area contributed by atoms with Gasteiger partial charge in [0.05, 0.1) is 10.9 Å². The maximum Gasteiger partial charge on any atom is 0.226 e. The summed E-state index contributed by atoms with van der Waals surface area (Å²) in [5, 5.41) is 2.83. The molecule has 0 bridgehead atoms. The molecule has 0 fully saturated rings. The van der Waals surface area contributed by atoms with Crippen LogP contribution in [0.25, 0.3) is 0 Å². The fourth-order valence-corrected chi connectivity index (χ4v) is 2.05. The van der Waals surface area contributed by atoms with E-state index in [0.717, 1.165) is 17.7 Å². The van der Waals surface area contributed by atoms with Crippen molar-refractivity contribution in [3.8, 4) is 5.75 Å². The van der Waals surface area contributed by atoms with Crippen molar-refractivity contribution in [1.82, 2.24) is 5.32 Å². The number of hydrogen-bond acceptors (Lipinski definition) is 3. The van der Waals surface area contributed by atoms with Gasteiger partial charge in [0, 0.05) is 13.0 Å². The number of fused-ring (bicyclic) bond motifs is 1. The SMILES string of the molecule is NC(=S)CCNC(=O)C1COc2ccccc2C1. The van der Waals surface area contributed by atoms with Gasteiger partial charge in [-0.1, -0.05) is 30.4 Å². The molecule has 3 N–H and O–H groups in total. The molecule has 1 atom stereocenters. The molecule has 0 aliphatic carbocycles. The van der Waals surface area contributed by atoms with Gasteiger partial charge < -0.3 is 15.8 Å². The molecule has 0 aromatic heterocycles. The minimum Gasteiger partial charge on any atom is -0.492 e. The molecule has 5 heteroatoms. The monoisotopic (exact) mass is 264 g/mol. The first kappa shape index (κ1) is 12.8. The third kappa shape index (κ3) is 3.20. The van der Waals surface area contributed by atoms with Crippen LogP contribution >= 0.6 is 12.2 Å². The molecule has 2 rings (SSSR count). The molecule has 96 valence electrons. The van der Waals surface area contributed by atoms with Crippen LogP contribution in [0.4, 0.5) is 0 Å². The van der Waals surface area contributed by atoms with Crippen molar-refractivity contribution < 1.29 is 9.53 Å². The van der Waals surface area contributed by atoms with E-state index in [1.54, 1.807) is 0 Å². The number of nitrogens with one attached hydrogen (secondary N) is 1. The number of carbonyl (C=O) groups excluding carboxylic acids is 1. The van der Waals surface area contributed by atoms with E-state index >= 15 is 0 Å². The predicted octanol–water partition coefficient (Wildman–Crippen LogP) is 1.03. The van der Waals surface area contributed by atoms with Crippen LogP contribution in [0, 0.1) is 5.92 Å². The minimum atomic E-state index is -0.133. The molecule has 0 spiro atoms. The van der Waals surface area contributed by atoms with Gasteiger partial charge in [-0.05, 0) is 18.1 Å². The fourth-order valence-electron chi connectivity index (χ4n) is 1.95. The maximum atomic E-state index is 11.9. The highest BCUT2D eigenvalue weighted by Gasteiger charge is 2.25.